The second-order valence-corrected chi connectivity index (χ2v) is 9.56. The van der Waals surface area contributed by atoms with Crippen molar-refractivity contribution in [3.05, 3.63) is 75.3 Å². The number of rotatable bonds is 2. The number of halogens is 2. The maximum Gasteiger partial charge on any atom is 0.414 e. The maximum atomic E-state index is 14.4. The second-order valence-electron chi connectivity index (χ2n) is 9.16. The predicted molar refractivity (Wildman–Crippen MR) is 126 cm³/mol. The number of hydrogen-bond acceptors (Lipinski definition) is 7. The molecule has 0 saturated heterocycles. The predicted octanol–water partition coefficient (Wildman–Crippen LogP) is 3.37. The summed E-state index contributed by atoms with van der Waals surface area (Å²) in [5.74, 6) is -0.915. The van der Waals surface area contributed by atoms with Crippen molar-refractivity contribution in [1.29, 1.82) is 0 Å². The van der Waals surface area contributed by atoms with Gasteiger partial charge in [0.25, 0.3) is 11.5 Å². The maximum absolute atomic E-state index is 14.4. The topological polar surface area (TPSA) is 118 Å². The average molecular weight is 499 g/mol. The van der Waals surface area contributed by atoms with Crippen LogP contribution in [0.2, 0.25) is 5.02 Å². The third-order valence-electron chi connectivity index (χ3n) is 5.61. The zero-order valence-electron chi connectivity index (χ0n) is 18.9. The van der Waals surface area contributed by atoms with Gasteiger partial charge in [0.15, 0.2) is 5.66 Å². The first-order valence-corrected chi connectivity index (χ1v) is 11.0. The van der Waals surface area contributed by atoms with E-state index in [1.54, 1.807) is 26.8 Å². The number of nitrogens with one attached hydrogen (secondary N) is 2. The van der Waals surface area contributed by atoms with Crippen LogP contribution in [0.15, 0.2) is 47.7 Å². The lowest BCUT2D eigenvalue weighted by molar-refractivity contribution is 0.0572. The summed E-state index contributed by atoms with van der Waals surface area (Å²) in [6.45, 7) is 4.92. The van der Waals surface area contributed by atoms with E-state index in [-0.39, 0.29) is 28.5 Å². The lowest BCUT2D eigenvalue weighted by Crippen LogP contribution is -2.52. The van der Waals surface area contributed by atoms with E-state index in [1.165, 1.54) is 41.7 Å². The average Bonchev–Trinajstić information content (AvgIpc) is 3.26. The summed E-state index contributed by atoms with van der Waals surface area (Å²) in [5, 5.41) is 5.64. The van der Waals surface area contributed by atoms with Crippen molar-refractivity contribution in [3.63, 3.8) is 0 Å². The third-order valence-corrected chi connectivity index (χ3v) is 5.90. The van der Waals surface area contributed by atoms with E-state index in [4.69, 9.17) is 16.3 Å². The van der Waals surface area contributed by atoms with Gasteiger partial charge in [-0.3, -0.25) is 19.1 Å². The first-order valence-electron chi connectivity index (χ1n) is 10.6. The molecule has 0 aliphatic carbocycles. The fourth-order valence-electron chi connectivity index (χ4n) is 4.31. The van der Waals surface area contributed by atoms with Crippen molar-refractivity contribution in [2.45, 2.75) is 32.0 Å². The van der Waals surface area contributed by atoms with Gasteiger partial charge in [-0.25, -0.2) is 19.2 Å². The minimum Gasteiger partial charge on any atom is -0.443 e. The summed E-state index contributed by atoms with van der Waals surface area (Å²) >= 11 is 6.44. The number of carbonyl (C=O) groups is 2. The lowest BCUT2D eigenvalue weighted by atomic mass is 10.0. The van der Waals surface area contributed by atoms with Gasteiger partial charge in [0.2, 0.25) is 0 Å². The number of pyridine rings is 1. The van der Waals surface area contributed by atoms with Crippen molar-refractivity contribution in [2.75, 3.05) is 16.8 Å². The highest BCUT2D eigenvalue weighted by Gasteiger charge is 2.54. The first-order chi connectivity index (χ1) is 16.5. The Morgan fingerprint density at radius 3 is 2.71 bits per heavy atom. The van der Waals surface area contributed by atoms with Gasteiger partial charge in [-0.05, 0) is 51.1 Å². The molecule has 12 heteroatoms. The molecule has 0 radical (unpaired) electrons. The van der Waals surface area contributed by atoms with Crippen LogP contribution in [0.1, 0.15) is 36.8 Å². The molecule has 4 heterocycles. The highest BCUT2D eigenvalue weighted by atomic mass is 35.5. The number of fused-ring (bicyclic) bond motifs is 4. The van der Waals surface area contributed by atoms with Gasteiger partial charge in [-0.15, -0.1) is 0 Å². The highest BCUT2D eigenvalue weighted by molar-refractivity contribution is 6.34. The van der Waals surface area contributed by atoms with Crippen LogP contribution in [0.4, 0.5) is 26.4 Å². The van der Waals surface area contributed by atoms with Crippen molar-refractivity contribution in [1.82, 2.24) is 19.9 Å². The third kappa shape index (κ3) is 3.68. The fraction of sp³-hybridized carbons (Fsp3) is 0.261. The van der Waals surface area contributed by atoms with Crippen LogP contribution in [0.25, 0.3) is 0 Å². The minimum atomic E-state index is -1.61. The number of nitrogens with zero attached hydrogens (tertiary/aromatic N) is 4. The van der Waals surface area contributed by atoms with Crippen LogP contribution in [0.3, 0.4) is 0 Å². The molecule has 2 amide bonds. The molecule has 5 rings (SSSR count). The van der Waals surface area contributed by atoms with E-state index in [0.717, 1.165) is 4.57 Å². The smallest absolute Gasteiger partial charge is 0.414 e. The van der Waals surface area contributed by atoms with Crippen LogP contribution in [0, 0.1) is 5.82 Å². The van der Waals surface area contributed by atoms with E-state index in [2.05, 4.69) is 20.6 Å². The van der Waals surface area contributed by atoms with Gasteiger partial charge in [0.05, 0.1) is 17.3 Å². The van der Waals surface area contributed by atoms with Crippen LogP contribution in [-0.4, -0.2) is 38.7 Å². The zero-order chi connectivity index (χ0) is 25.1. The Morgan fingerprint density at radius 1 is 1.26 bits per heavy atom. The van der Waals surface area contributed by atoms with Crippen molar-refractivity contribution >= 4 is 40.8 Å². The molecule has 2 aromatic heterocycles. The van der Waals surface area contributed by atoms with Crippen LogP contribution < -0.4 is 21.1 Å². The quantitative estimate of drug-likeness (QED) is 0.556. The Kier molecular flexibility index (Phi) is 5.06. The SMILES string of the molecule is CC(C)(C)OC(=O)N1CC2(NC(=O)c3c(Cl)cc(Nc4ccncn4)c(=O)n32)c2cc(F)ccc21. The monoisotopic (exact) mass is 498 g/mol. The first kappa shape index (κ1) is 22.8. The number of aromatic nitrogens is 3. The Morgan fingerprint density at radius 2 is 2.03 bits per heavy atom. The molecule has 0 saturated carbocycles. The zero-order valence-corrected chi connectivity index (χ0v) is 19.7. The number of anilines is 3. The normalized spacial score (nSPS) is 18.3. The fourth-order valence-corrected chi connectivity index (χ4v) is 4.59. The number of carbonyl (C=O) groups excluding carboxylic acids is 2. The summed E-state index contributed by atoms with van der Waals surface area (Å²) in [5.41, 5.74) is -2.60. The van der Waals surface area contributed by atoms with E-state index in [1.807, 2.05) is 0 Å². The Hall–Kier alpha value is -3.99. The van der Waals surface area contributed by atoms with E-state index in [9.17, 15) is 18.8 Å². The highest BCUT2D eigenvalue weighted by Crippen LogP contribution is 2.44. The van der Waals surface area contributed by atoms with Gasteiger partial charge in [-0.2, -0.15) is 0 Å². The molecule has 0 bridgehead atoms. The van der Waals surface area contributed by atoms with E-state index < -0.39 is 34.6 Å². The molecule has 3 aromatic rings. The van der Waals surface area contributed by atoms with Crippen LogP contribution in [0.5, 0.6) is 0 Å². The van der Waals surface area contributed by atoms with E-state index >= 15 is 0 Å². The molecule has 1 atom stereocenters. The molecule has 1 unspecified atom stereocenters. The number of hydrogen-bond donors (Lipinski definition) is 2. The largest absolute Gasteiger partial charge is 0.443 e. The molecular formula is C23H20ClFN6O4. The summed E-state index contributed by atoms with van der Waals surface area (Å²) in [6.07, 6.45) is 2.08. The summed E-state index contributed by atoms with van der Waals surface area (Å²) in [6, 6.07) is 6.65. The Balaban J connectivity index is 1.70. The Labute approximate surface area is 203 Å². The lowest BCUT2D eigenvalue weighted by Gasteiger charge is -2.29. The van der Waals surface area contributed by atoms with Crippen molar-refractivity contribution in [2.24, 2.45) is 0 Å². The second kappa shape index (κ2) is 7.77. The van der Waals surface area contributed by atoms with E-state index in [0.29, 0.717) is 11.5 Å². The molecule has 1 spiro atoms. The van der Waals surface area contributed by atoms with Gasteiger partial charge in [0.1, 0.15) is 34.9 Å². The summed E-state index contributed by atoms with van der Waals surface area (Å²) in [4.78, 5) is 49.0. The molecule has 10 nitrogen and oxygen atoms in total. The molecule has 35 heavy (non-hydrogen) atoms. The number of ether oxygens (including phenoxy) is 1. The molecule has 2 aliphatic heterocycles. The van der Waals surface area contributed by atoms with Gasteiger partial charge in [-0.1, -0.05) is 11.6 Å². The van der Waals surface area contributed by atoms with Gasteiger partial charge < -0.3 is 15.4 Å². The molecular weight excluding hydrogens is 479 g/mol. The van der Waals surface area contributed by atoms with Crippen LogP contribution >= 0.6 is 11.6 Å². The summed E-state index contributed by atoms with van der Waals surface area (Å²) in [7, 11) is 0. The molecule has 1 aromatic carbocycles. The molecule has 2 N–H and O–H groups in total. The van der Waals surface area contributed by atoms with Gasteiger partial charge in [0, 0.05) is 11.8 Å². The molecule has 0 fully saturated rings. The number of amides is 2. The van der Waals surface area contributed by atoms with Crippen LogP contribution in [-0.2, 0) is 10.4 Å². The minimum absolute atomic E-state index is 0.01000. The molecule has 180 valence electrons. The van der Waals surface area contributed by atoms with Gasteiger partial charge >= 0.3 is 6.09 Å². The van der Waals surface area contributed by atoms with Crippen molar-refractivity contribution in [3.8, 4) is 0 Å². The number of benzene rings is 1. The standard InChI is InChI=1S/C23H20ClFN6O4/c1-22(2,3)35-21(34)30-10-23(13-8-12(25)4-5-16(13)30)29-19(32)18-14(24)9-15(20(33)31(18)23)28-17-6-7-26-11-27-17/h4-9,11H,10H2,1-3H3,(H,29,32)(H,26,27,28). The molecule has 2 aliphatic rings. The summed E-state index contributed by atoms with van der Waals surface area (Å²) < 4.78 is 21.1. The Bertz CT molecular complexity index is 1440. The van der Waals surface area contributed by atoms with Crippen molar-refractivity contribution < 1.29 is 18.7 Å².